The molecule has 30 heavy (non-hydrogen) atoms. The number of hydrogen-bond donors (Lipinski definition) is 0. The molecule has 1 heterocycles. The number of aromatic nitrogens is 1. The van der Waals surface area contributed by atoms with Crippen LogP contribution in [0, 0.1) is 0 Å². The van der Waals surface area contributed by atoms with E-state index in [1.165, 1.54) is 0 Å². The summed E-state index contributed by atoms with van der Waals surface area (Å²) in [6, 6.07) is 3.61. The largest absolute Gasteiger partial charge is 1.00 e. The first-order valence-corrected chi connectivity index (χ1v) is 9.54. The van der Waals surface area contributed by atoms with Gasteiger partial charge in [-0.15, -0.1) is 0 Å². The lowest BCUT2D eigenvalue weighted by Gasteiger charge is -2.10. The molecule has 0 atom stereocenters. The molecule has 1 aromatic heterocycles. The van der Waals surface area contributed by atoms with Crippen LogP contribution in [0.3, 0.4) is 0 Å². The van der Waals surface area contributed by atoms with Gasteiger partial charge in [0.05, 0.1) is 30.9 Å². The molecule has 3 rings (SSSR count). The monoisotopic (exact) mass is 553 g/mol. The van der Waals surface area contributed by atoms with E-state index in [4.69, 9.17) is 51.2 Å². The first kappa shape index (κ1) is 24.6. The van der Waals surface area contributed by atoms with Gasteiger partial charge in [0.1, 0.15) is 0 Å². The molecule has 0 saturated carbocycles. The van der Waals surface area contributed by atoms with Crippen LogP contribution in [0.5, 0.6) is 0 Å². The topological polar surface area (TPSA) is 79.9 Å². The van der Waals surface area contributed by atoms with Gasteiger partial charge < -0.3 is 26.7 Å². The predicted octanol–water partition coefficient (Wildman–Crippen LogP) is -0.534. The summed E-state index contributed by atoms with van der Waals surface area (Å²) in [6.07, 6.45) is 3.35. The number of fused-ring (bicyclic) bond motifs is 1. The standard InChI is InChI=1S/C18H12Cl4N3O4.BrH/c1-24(2)8-3-5-25(6-4-8)7-9(26)29-23-16-17(27)10-11(18(16)28)13(20)15(22)14(21)12(10)19;/h3-6H,7H2,1-2H3;1H/q+1;/p-1. The van der Waals surface area contributed by atoms with E-state index in [2.05, 4.69) is 5.16 Å². The number of carbonyl (C=O) groups is 1. The molecule has 7 nitrogen and oxygen atoms in total. The van der Waals surface area contributed by atoms with Crippen LogP contribution in [0.25, 0.3) is 10.8 Å². The van der Waals surface area contributed by atoms with Crippen molar-refractivity contribution >= 4 is 68.8 Å². The highest BCUT2D eigenvalue weighted by Gasteiger charge is 2.23. The summed E-state index contributed by atoms with van der Waals surface area (Å²) in [4.78, 5) is 43.7. The predicted molar refractivity (Wildman–Crippen MR) is 112 cm³/mol. The summed E-state index contributed by atoms with van der Waals surface area (Å²) in [7, 11) is 3.77. The number of rotatable bonds is 4. The fraction of sp³-hybridized carbons (Fsp3) is 0.167. The lowest BCUT2D eigenvalue weighted by Crippen LogP contribution is -3.00. The van der Waals surface area contributed by atoms with E-state index in [9.17, 15) is 14.4 Å². The SMILES string of the molecule is CN(C)c1cc[n+](CC(=O)ON=c2c(=O)c3c(Cl)c(Cl)c(Cl)c(Cl)c3c2=O)cc1.[Br-]. The fourth-order valence-corrected chi connectivity index (χ4v) is 3.63. The van der Waals surface area contributed by atoms with E-state index in [0.29, 0.717) is 0 Å². The molecule has 0 saturated heterocycles. The minimum absolute atomic E-state index is 0. The normalized spacial score (nSPS) is 10.6. The molecule has 3 aromatic rings. The van der Waals surface area contributed by atoms with Gasteiger partial charge in [0, 0.05) is 31.9 Å². The van der Waals surface area contributed by atoms with E-state index in [0.717, 1.165) is 5.69 Å². The third-order valence-corrected chi connectivity index (χ3v) is 5.89. The van der Waals surface area contributed by atoms with Gasteiger partial charge in [0.15, 0.2) is 17.8 Å². The van der Waals surface area contributed by atoms with Crippen molar-refractivity contribution in [2.75, 3.05) is 19.0 Å². The van der Waals surface area contributed by atoms with Crippen molar-refractivity contribution in [1.29, 1.82) is 0 Å². The van der Waals surface area contributed by atoms with Gasteiger partial charge in [0.2, 0.25) is 17.4 Å². The lowest BCUT2D eigenvalue weighted by molar-refractivity contribution is -0.685. The number of pyridine rings is 1. The lowest BCUT2D eigenvalue weighted by atomic mass is 10.2. The Morgan fingerprint density at radius 1 is 0.967 bits per heavy atom. The van der Waals surface area contributed by atoms with Crippen molar-refractivity contribution in [1.82, 2.24) is 0 Å². The van der Waals surface area contributed by atoms with E-state index >= 15 is 0 Å². The number of carbonyl (C=O) groups excluding carboxylic acids is 1. The van der Waals surface area contributed by atoms with Gasteiger partial charge in [-0.1, -0.05) is 51.6 Å². The zero-order chi connectivity index (χ0) is 21.5. The van der Waals surface area contributed by atoms with Gasteiger partial charge in [-0.2, -0.15) is 4.57 Å². The number of nitrogens with zero attached hydrogens (tertiary/aromatic N) is 3. The van der Waals surface area contributed by atoms with Gasteiger partial charge in [-0.25, -0.2) is 4.79 Å². The van der Waals surface area contributed by atoms with E-state index in [1.54, 1.807) is 29.1 Å². The average molecular weight is 556 g/mol. The maximum atomic E-state index is 12.5. The number of benzene rings is 1. The average Bonchev–Trinajstić information content (AvgIpc) is 2.93. The van der Waals surface area contributed by atoms with Crippen LogP contribution in [0.4, 0.5) is 5.69 Å². The number of hydrogen-bond acceptors (Lipinski definition) is 6. The molecule has 0 N–H and O–H groups in total. The molecule has 0 aliphatic heterocycles. The Morgan fingerprint density at radius 3 is 1.87 bits per heavy atom. The second-order valence-electron chi connectivity index (χ2n) is 6.19. The molecule has 158 valence electrons. The molecule has 0 aliphatic rings. The Hall–Kier alpha value is -1.71. The summed E-state index contributed by atoms with van der Waals surface area (Å²) in [5.41, 5.74) is -0.765. The maximum absolute atomic E-state index is 12.5. The van der Waals surface area contributed by atoms with Crippen LogP contribution in [0.15, 0.2) is 39.3 Å². The number of halogens is 5. The first-order valence-electron chi connectivity index (χ1n) is 8.03. The minimum atomic E-state index is -0.855. The molecule has 0 aliphatic carbocycles. The number of anilines is 1. The summed E-state index contributed by atoms with van der Waals surface area (Å²) in [5.74, 6) is -0.787. The van der Waals surface area contributed by atoms with Crippen molar-refractivity contribution in [2.45, 2.75) is 6.54 Å². The molecule has 0 amide bonds. The Kier molecular flexibility index (Phi) is 7.87. The highest BCUT2D eigenvalue weighted by Crippen LogP contribution is 2.40. The Labute approximate surface area is 200 Å². The first-order chi connectivity index (χ1) is 13.6. The van der Waals surface area contributed by atoms with Crippen LogP contribution < -0.4 is 42.7 Å². The smallest absolute Gasteiger partial charge is 0.399 e. The van der Waals surface area contributed by atoms with Gasteiger partial charge in [-0.3, -0.25) is 9.59 Å². The Morgan fingerprint density at radius 2 is 1.43 bits per heavy atom. The Balaban J connectivity index is 0.00000320. The third kappa shape index (κ3) is 4.48. The quantitative estimate of drug-likeness (QED) is 0.142. The van der Waals surface area contributed by atoms with E-state index < -0.39 is 22.2 Å². The molecule has 2 aromatic carbocycles. The highest BCUT2D eigenvalue weighted by molar-refractivity contribution is 6.55. The summed E-state index contributed by atoms with van der Waals surface area (Å²) in [5, 5.41) is 1.59. The van der Waals surface area contributed by atoms with Crippen LogP contribution in [-0.2, 0) is 16.2 Å². The summed E-state index contributed by atoms with van der Waals surface area (Å²) < 4.78 is 1.55. The summed E-state index contributed by atoms with van der Waals surface area (Å²) in [6.45, 7) is -0.182. The second kappa shape index (κ2) is 9.62. The third-order valence-electron chi connectivity index (χ3n) is 4.09. The Bertz CT molecular complexity index is 1220. The molecular formula is C18H12BrCl4N3O4. The van der Waals surface area contributed by atoms with Crippen molar-refractivity contribution in [2.24, 2.45) is 5.16 Å². The summed E-state index contributed by atoms with van der Waals surface area (Å²) >= 11 is 23.9. The van der Waals surface area contributed by atoms with Gasteiger partial charge in [-0.05, 0) is 0 Å². The van der Waals surface area contributed by atoms with Crippen LogP contribution in [0.1, 0.15) is 0 Å². The molecule has 12 heteroatoms. The van der Waals surface area contributed by atoms with Gasteiger partial charge in [0.25, 0.3) is 0 Å². The fourth-order valence-electron chi connectivity index (χ4n) is 2.61. The van der Waals surface area contributed by atoms with E-state index in [-0.39, 0.29) is 54.4 Å². The zero-order valence-corrected chi connectivity index (χ0v) is 20.0. The van der Waals surface area contributed by atoms with Gasteiger partial charge >= 0.3 is 5.97 Å². The molecule has 0 spiro atoms. The molecular weight excluding hydrogens is 544 g/mol. The highest BCUT2D eigenvalue weighted by atomic mass is 79.9. The van der Waals surface area contributed by atoms with Crippen molar-refractivity contribution in [3.05, 3.63) is 70.4 Å². The van der Waals surface area contributed by atoms with Crippen molar-refractivity contribution < 1.29 is 31.2 Å². The maximum Gasteiger partial charge on any atom is 0.399 e. The van der Waals surface area contributed by atoms with Crippen LogP contribution in [0.2, 0.25) is 20.1 Å². The van der Waals surface area contributed by atoms with Crippen LogP contribution in [-0.4, -0.2) is 20.1 Å². The molecule has 0 fully saturated rings. The van der Waals surface area contributed by atoms with Crippen molar-refractivity contribution in [3.8, 4) is 0 Å². The van der Waals surface area contributed by atoms with Crippen molar-refractivity contribution in [3.63, 3.8) is 0 Å². The molecule has 0 bridgehead atoms. The van der Waals surface area contributed by atoms with E-state index in [1.807, 2.05) is 19.0 Å². The molecule has 0 radical (unpaired) electrons. The zero-order valence-electron chi connectivity index (χ0n) is 15.4. The second-order valence-corrected chi connectivity index (χ2v) is 7.70. The molecule has 0 unspecified atom stereocenters. The van der Waals surface area contributed by atoms with Crippen LogP contribution >= 0.6 is 46.4 Å². The minimum Gasteiger partial charge on any atom is -1.00 e.